The van der Waals surface area contributed by atoms with Crippen LogP contribution < -0.4 is 4.74 Å². The molecule has 8 nitrogen and oxygen atoms in total. The van der Waals surface area contributed by atoms with E-state index in [1.54, 1.807) is 13.8 Å². The first-order chi connectivity index (χ1) is 13.3. The SMILES string of the molecule is CC(C)C(=O)OCOC(=O)c1[nH]nnc1OC1CCc2cc(Cl)c(Cl)cc2C1. The van der Waals surface area contributed by atoms with Crippen LogP contribution in [0.5, 0.6) is 5.88 Å². The highest BCUT2D eigenvalue weighted by Gasteiger charge is 2.26. The molecule has 0 radical (unpaired) electrons. The van der Waals surface area contributed by atoms with E-state index in [0.29, 0.717) is 16.5 Å². The maximum atomic E-state index is 12.2. The second-order valence-corrected chi connectivity index (χ2v) is 7.49. The monoisotopic (exact) mass is 427 g/mol. The molecule has 0 saturated carbocycles. The lowest BCUT2D eigenvalue weighted by Gasteiger charge is -2.25. The summed E-state index contributed by atoms with van der Waals surface area (Å²) in [4.78, 5) is 23.6. The maximum Gasteiger partial charge on any atom is 0.364 e. The molecule has 1 aliphatic rings. The van der Waals surface area contributed by atoms with Crippen LogP contribution in [0.1, 0.15) is 41.9 Å². The third-order valence-electron chi connectivity index (χ3n) is 4.29. The molecule has 1 aromatic heterocycles. The van der Waals surface area contributed by atoms with E-state index >= 15 is 0 Å². The number of nitrogens with one attached hydrogen (secondary N) is 1. The average Bonchev–Trinajstić information content (AvgIpc) is 3.10. The molecule has 0 aliphatic heterocycles. The lowest BCUT2D eigenvalue weighted by Crippen LogP contribution is -2.26. The van der Waals surface area contributed by atoms with Crippen molar-refractivity contribution in [3.8, 4) is 5.88 Å². The number of carbonyl (C=O) groups excluding carboxylic acids is 2. The van der Waals surface area contributed by atoms with E-state index in [0.717, 1.165) is 24.0 Å². The third kappa shape index (κ3) is 4.74. The molecular formula is C18H19Cl2N3O5. The van der Waals surface area contributed by atoms with Gasteiger partial charge < -0.3 is 14.2 Å². The van der Waals surface area contributed by atoms with Gasteiger partial charge in [-0.3, -0.25) is 4.79 Å². The van der Waals surface area contributed by atoms with Gasteiger partial charge in [-0.2, -0.15) is 0 Å². The molecule has 1 heterocycles. The van der Waals surface area contributed by atoms with Crippen LogP contribution in [0.15, 0.2) is 12.1 Å². The molecule has 28 heavy (non-hydrogen) atoms. The number of aryl methyl sites for hydroxylation is 1. The Balaban J connectivity index is 1.60. The van der Waals surface area contributed by atoms with Crippen LogP contribution in [0.3, 0.4) is 0 Å². The topological polar surface area (TPSA) is 103 Å². The van der Waals surface area contributed by atoms with Gasteiger partial charge in [-0.05, 0) is 36.1 Å². The number of rotatable bonds is 6. The van der Waals surface area contributed by atoms with Crippen LogP contribution in [0, 0.1) is 5.92 Å². The molecule has 10 heteroatoms. The number of esters is 2. The van der Waals surface area contributed by atoms with Gasteiger partial charge in [0.25, 0.3) is 5.88 Å². The Hall–Kier alpha value is -2.32. The number of H-pyrrole nitrogens is 1. The molecule has 0 saturated heterocycles. The zero-order valence-electron chi connectivity index (χ0n) is 15.3. The minimum absolute atomic E-state index is 0.0358. The number of aromatic amines is 1. The van der Waals surface area contributed by atoms with Gasteiger partial charge in [0.1, 0.15) is 6.10 Å². The van der Waals surface area contributed by atoms with Crippen LogP contribution in [0.4, 0.5) is 0 Å². The fraction of sp³-hybridized carbons (Fsp3) is 0.444. The van der Waals surface area contributed by atoms with Gasteiger partial charge in [0.05, 0.1) is 16.0 Å². The highest BCUT2D eigenvalue weighted by Crippen LogP contribution is 2.32. The fourth-order valence-electron chi connectivity index (χ4n) is 2.79. The smallest absolute Gasteiger partial charge is 0.364 e. The molecule has 3 rings (SSSR count). The summed E-state index contributed by atoms with van der Waals surface area (Å²) in [6.45, 7) is 2.86. The normalized spacial score (nSPS) is 15.8. The van der Waals surface area contributed by atoms with Crippen LogP contribution in [-0.4, -0.2) is 40.2 Å². The van der Waals surface area contributed by atoms with Crippen molar-refractivity contribution in [2.24, 2.45) is 5.92 Å². The number of halogens is 2. The number of hydrogen-bond donors (Lipinski definition) is 1. The van der Waals surface area contributed by atoms with Crippen LogP contribution >= 0.6 is 23.2 Å². The van der Waals surface area contributed by atoms with Gasteiger partial charge in [-0.15, -0.1) is 0 Å². The summed E-state index contributed by atoms with van der Waals surface area (Å²) < 4.78 is 15.6. The number of aromatic nitrogens is 3. The van der Waals surface area contributed by atoms with E-state index in [9.17, 15) is 9.59 Å². The second kappa shape index (κ2) is 8.79. The van der Waals surface area contributed by atoms with Crippen molar-refractivity contribution in [1.29, 1.82) is 0 Å². The van der Waals surface area contributed by atoms with Crippen molar-refractivity contribution in [3.05, 3.63) is 39.0 Å². The number of hydrogen-bond acceptors (Lipinski definition) is 7. The molecule has 2 aromatic rings. The van der Waals surface area contributed by atoms with Crippen LogP contribution in [0.2, 0.25) is 10.0 Å². The van der Waals surface area contributed by atoms with Crippen molar-refractivity contribution in [3.63, 3.8) is 0 Å². The Kier molecular flexibility index (Phi) is 6.41. The summed E-state index contributed by atoms with van der Waals surface area (Å²) in [7, 11) is 0. The molecule has 1 aromatic carbocycles. The largest absolute Gasteiger partial charge is 0.471 e. The van der Waals surface area contributed by atoms with E-state index < -0.39 is 18.7 Å². The molecule has 0 spiro atoms. The fourth-order valence-corrected chi connectivity index (χ4v) is 3.16. The molecule has 0 fully saturated rings. The first kappa shape index (κ1) is 20.4. The average molecular weight is 428 g/mol. The third-order valence-corrected chi connectivity index (χ3v) is 5.01. The number of carbonyl (C=O) groups is 2. The molecule has 0 bridgehead atoms. The quantitative estimate of drug-likeness (QED) is 0.556. The van der Waals surface area contributed by atoms with Gasteiger partial charge in [0.15, 0.2) is 0 Å². The molecule has 1 aliphatic carbocycles. The lowest BCUT2D eigenvalue weighted by atomic mass is 9.90. The Morgan fingerprint density at radius 2 is 1.93 bits per heavy atom. The lowest BCUT2D eigenvalue weighted by molar-refractivity contribution is -0.155. The molecule has 0 amide bonds. The molecule has 150 valence electrons. The van der Waals surface area contributed by atoms with Crippen LogP contribution in [-0.2, 0) is 27.1 Å². The van der Waals surface area contributed by atoms with Crippen molar-refractivity contribution >= 4 is 35.1 Å². The first-order valence-electron chi connectivity index (χ1n) is 8.73. The van der Waals surface area contributed by atoms with Gasteiger partial charge in [-0.1, -0.05) is 47.4 Å². The number of ether oxygens (including phenoxy) is 3. The molecule has 1 unspecified atom stereocenters. The van der Waals surface area contributed by atoms with E-state index in [4.69, 9.17) is 37.4 Å². The summed E-state index contributed by atoms with van der Waals surface area (Å²) in [6.07, 6.45) is 1.87. The Bertz CT molecular complexity index is 884. The number of fused-ring (bicyclic) bond motifs is 1. The highest BCUT2D eigenvalue weighted by molar-refractivity contribution is 6.42. The minimum atomic E-state index is -0.775. The summed E-state index contributed by atoms with van der Waals surface area (Å²) in [5.41, 5.74) is 2.13. The van der Waals surface area contributed by atoms with Gasteiger partial charge in [0, 0.05) is 6.42 Å². The van der Waals surface area contributed by atoms with E-state index in [2.05, 4.69) is 15.4 Å². The van der Waals surface area contributed by atoms with E-state index in [1.165, 1.54) is 0 Å². The number of nitrogens with zero attached hydrogens (tertiary/aromatic N) is 2. The standard InChI is InChI=1S/C18H19Cl2N3O5/c1-9(2)17(24)26-8-27-18(25)15-16(22-23-21-15)28-12-4-3-10-6-13(19)14(20)7-11(10)5-12/h6-7,9,12H,3-5,8H2,1-2H3,(H,21,22,23). The summed E-state index contributed by atoms with van der Waals surface area (Å²) in [6, 6.07) is 3.70. The van der Waals surface area contributed by atoms with E-state index in [1.807, 2.05) is 12.1 Å². The van der Waals surface area contributed by atoms with Crippen molar-refractivity contribution in [2.45, 2.75) is 39.2 Å². The number of benzene rings is 1. The van der Waals surface area contributed by atoms with Gasteiger partial charge in [0.2, 0.25) is 12.5 Å². The van der Waals surface area contributed by atoms with Crippen molar-refractivity contribution in [2.75, 3.05) is 6.79 Å². The molecule has 1 N–H and O–H groups in total. The summed E-state index contributed by atoms with van der Waals surface area (Å²) in [5, 5.41) is 10.9. The van der Waals surface area contributed by atoms with Crippen molar-refractivity contribution < 1.29 is 23.8 Å². The summed E-state index contributed by atoms with van der Waals surface area (Å²) >= 11 is 12.2. The maximum absolute atomic E-state index is 12.2. The Morgan fingerprint density at radius 3 is 2.64 bits per heavy atom. The minimum Gasteiger partial charge on any atom is -0.471 e. The second-order valence-electron chi connectivity index (χ2n) is 6.68. The predicted molar refractivity (Wildman–Crippen MR) is 100 cm³/mol. The van der Waals surface area contributed by atoms with Gasteiger partial charge in [-0.25, -0.2) is 9.89 Å². The zero-order chi connectivity index (χ0) is 20.3. The summed E-state index contributed by atoms with van der Waals surface area (Å²) in [5.74, 6) is -1.52. The Morgan fingerprint density at radius 1 is 1.21 bits per heavy atom. The van der Waals surface area contributed by atoms with E-state index in [-0.39, 0.29) is 23.6 Å². The predicted octanol–water partition coefficient (Wildman–Crippen LogP) is 3.36. The molecular weight excluding hydrogens is 409 g/mol. The zero-order valence-corrected chi connectivity index (χ0v) is 16.8. The Labute approximate surface area is 171 Å². The van der Waals surface area contributed by atoms with Gasteiger partial charge >= 0.3 is 11.9 Å². The molecule has 1 atom stereocenters. The first-order valence-corrected chi connectivity index (χ1v) is 9.49. The van der Waals surface area contributed by atoms with Crippen molar-refractivity contribution in [1.82, 2.24) is 15.4 Å². The highest BCUT2D eigenvalue weighted by atomic mass is 35.5. The van der Waals surface area contributed by atoms with Crippen LogP contribution in [0.25, 0.3) is 0 Å².